The lowest BCUT2D eigenvalue weighted by Crippen LogP contribution is -2.40. The molecule has 1 aliphatic rings. The lowest BCUT2D eigenvalue weighted by atomic mass is 10.1. The molecule has 1 amide bonds. The molecule has 0 aliphatic carbocycles. The third-order valence-corrected chi connectivity index (χ3v) is 4.10. The molecule has 1 aromatic heterocycles. The summed E-state index contributed by atoms with van der Waals surface area (Å²) in [4.78, 5) is 15.8. The molecule has 2 heterocycles. The average Bonchev–Trinajstić information content (AvgIpc) is 2.85. The van der Waals surface area contributed by atoms with Gasteiger partial charge in [0.15, 0.2) is 0 Å². The zero-order valence-electron chi connectivity index (χ0n) is 8.62. The molecule has 1 aliphatic heterocycles. The van der Waals surface area contributed by atoms with Gasteiger partial charge in [-0.15, -0.1) is 11.8 Å². The SMILES string of the molecule is CC1(C(=O)NCc2ncn[nH]2)CCCS1. The number of nitrogens with zero attached hydrogens (tertiary/aromatic N) is 2. The summed E-state index contributed by atoms with van der Waals surface area (Å²) in [5, 5.41) is 9.31. The smallest absolute Gasteiger partial charge is 0.236 e. The topological polar surface area (TPSA) is 70.7 Å². The molecule has 6 heteroatoms. The van der Waals surface area contributed by atoms with Crippen molar-refractivity contribution in [1.82, 2.24) is 20.5 Å². The number of aromatic nitrogens is 3. The van der Waals surface area contributed by atoms with Gasteiger partial charge in [0, 0.05) is 0 Å². The Labute approximate surface area is 92.4 Å². The van der Waals surface area contributed by atoms with Crippen LogP contribution < -0.4 is 5.32 Å². The molecule has 0 radical (unpaired) electrons. The zero-order chi connectivity index (χ0) is 10.7. The molecule has 0 aromatic carbocycles. The van der Waals surface area contributed by atoms with Crippen molar-refractivity contribution in [2.75, 3.05) is 5.75 Å². The van der Waals surface area contributed by atoms with Gasteiger partial charge in [0.1, 0.15) is 12.2 Å². The first-order chi connectivity index (χ1) is 7.21. The van der Waals surface area contributed by atoms with Crippen molar-refractivity contribution in [3.63, 3.8) is 0 Å². The fourth-order valence-corrected chi connectivity index (χ4v) is 2.86. The number of H-pyrrole nitrogens is 1. The van der Waals surface area contributed by atoms with Gasteiger partial charge in [-0.2, -0.15) is 5.10 Å². The molecule has 0 spiro atoms. The molecule has 1 saturated heterocycles. The number of nitrogens with one attached hydrogen (secondary N) is 2. The number of hydrogen-bond donors (Lipinski definition) is 2. The second kappa shape index (κ2) is 4.22. The maximum atomic E-state index is 11.9. The summed E-state index contributed by atoms with van der Waals surface area (Å²) in [6.07, 6.45) is 3.52. The predicted molar refractivity (Wildman–Crippen MR) is 58.3 cm³/mol. The van der Waals surface area contributed by atoms with E-state index in [9.17, 15) is 4.79 Å². The number of carbonyl (C=O) groups is 1. The van der Waals surface area contributed by atoms with Gasteiger partial charge in [0.2, 0.25) is 5.91 Å². The van der Waals surface area contributed by atoms with Crippen molar-refractivity contribution in [1.29, 1.82) is 0 Å². The van der Waals surface area contributed by atoms with Gasteiger partial charge in [-0.05, 0) is 25.5 Å². The van der Waals surface area contributed by atoms with Crippen LogP contribution in [-0.4, -0.2) is 31.6 Å². The molecule has 1 unspecified atom stereocenters. The van der Waals surface area contributed by atoms with Crippen LogP contribution in [0.2, 0.25) is 0 Å². The highest BCUT2D eigenvalue weighted by atomic mass is 32.2. The van der Waals surface area contributed by atoms with E-state index in [0.29, 0.717) is 12.4 Å². The summed E-state index contributed by atoms with van der Waals surface area (Å²) in [6.45, 7) is 2.43. The quantitative estimate of drug-likeness (QED) is 0.796. The van der Waals surface area contributed by atoms with E-state index < -0.39 is 0 Å². The maximum absolute atomic E-state index is 11.9. The second-order valence-corrected chi connectivity index (χ2v) is 5.40. The van der Waals surface area contributed by atoms with Crippen LogP contribution in [0.3, 0.4) is 0 Å². The number of rotatable bonds is 3. The van der Waals surface area contributed by atoms with E-state index in [-0.39, 0.29) is 10.7 Å². The van der Waals surface area contributed by atoms with E-state index in [1.807, 2.05) is 6.92 Å². The monoisotopic (exact) mass is 226 g/mol. The van der Waals surface area contributed by atoms with Crippen LogP contribution >= 0.6 is 11.8 Å². The van der Waals surface area contributed by atoms with Crippen molar-refractivity contribution in [2.24, 2.45) is 0 Å². The zero-order valence-corrected chi connectivity index (χ0v) is 9.43. The Morgan fingerprint density at radius 1 is 1.80 bits per heavy atom. The van der Waals surface area contributed by atoms with Crippen molar-refractivity contribution in [3.05, 3.63) is 12.2 Å². The molecule has 82 valence electrons. The Morgan fingerprint density at radius 3 is 3.27 bits per heavy atom. The summed E-state index contributed by atoms with van der Waals surface area (Å²) in [5.41, 5.74) is 0. The van der Waals surface area contributed by atoms with E-state index in [1.54, 1.807) is 11.8 Å². The van der Waals surface area contributed by atoms with Crippen LogP contribution in [0.5, 0.6) is 0 Å². The van der Waals surface area contributed by atoms with E-state index in [1.165, 1.54) is 6.33 Å². The molecule has 1 fully saturated rings. The molecule has 0 saturated carbocycles. The Hall–Kier alpha value is -1.04. The summed E-state index contributed by atoms with van der Waals surface area (Å²) < 4.78 is -0.250. The standard InChI is InChI=1S/C9H14N4OS/c1-9(3-2-4-15-9)8(14)10-5-7-11-6-12-13-7/h6H,2-5H2,1H3,(H,10,14)(H,11,12,13). The molecule has 1 aromatic rings. The summed E-state index contributed by atoms with van der Waals surface area (Å²) >= 11 is 1.73. The number of thioether (sulfide) groups is 1. The Kier molecular flexibility index (Phi) is 2.95. The lowest BCUT2D eigenvalue weighted by molar-refractivity contribution is -0.123. The third kappa shape index (κ3) is 2.31. The van der Waals surface area contributed by atoms with Crippen LogP contribution in [0.4, 0.5) is 0 Å². The number of amides is 1. The molecule has 1 atom stereocenters. The van der Waals surface area contributed by atoms with Gasteiger partial charge < -0.3 is 5.32 Å². The van der Waals surface area contributed by atoms with Crippen molar-refractivity contribution in [3.8, 4) is 0 Å². The minimum atomic E-state index is -0.250. The van der Waals surface area contributed by atoms with Gasteiger partial charge in [-0.3, -0.25) is 9.89 Å². The second-order valence-electron chi connectivity index (χ2n) is 3.80. The van der Waals surface area contributed by atoms with Gasteiger partial charge in [-0.1, -0.05) is 0 Å². The first kappa shape index (κ1) is 10.5. The van der Waals surface area contributed by atoms with Crippen molar-refractivity contribution < 1.29 is 4.79 Å². The normalized spacial score (nSPS) is 25.4. The Bertz CT molecular complexity index is 332. The molecule has 2 N–H and O–H groups in total. The highest BCUT2D eigenvalue weighted by molar-refractivity contribution is 8.01. The van der Waals surface area contributed by atoms with Crippen LogP contribution in [0.1, 0.15) is 25.6 Å². The van der Waals surface area contributed by atoms with Gasteiger partial charge in [0.05, 0.1) is 11.3 Å². The Morgan fingerprint density at radius 2 is 2.67 bits per heavy atom. The number of carbonyl (C=O) groups excluding carboxylic acids is 1. The fraction of sp³-hybridized carbons (Fsp3) is 0.667. The van der Waals surface area contributed by atoms with Crippen LogP contribution in [-0.2, 0) is 11.3 Å². The first-order valence-corrected chi connectivity index (χ1v) is 5.96. The molecule has 2 rings (SSSR count). The maximum Gasteiger partial charge on any atom is 0.236 e. The average molecular weight is 226 g/mol. The summed E-state index contributed by atoms with van der Waals surface area (Å²) in [6, 6.07) is 0. The van der Waals surface area contributed by atoms with Crippen molar-refractivity contribution >= 4 is 17.7 Å². The minimum absolute atomic E-state index is 0.0985. The largest absolute Gasteiger partial charge is 0.348 e. The van der Waals surface area contributed by atoms with Crippen LogP contribution in [0, 0.1) is 0 Å². The Balaban J connectivity index is 1.87. The predicted octanol–water partition coefficient (Wildman–Crippen LogP) is 0.707. The highest BCUT2D eigenvalue weighted by Gasteiger charge is 2.36. The molecular weight excluding hydrogens is 212 g/mol. The molecular formula is C9H14N4OS. The van der Waals surface area contributed by atoms with E-state index in [0.717, 1.165) is 18.6 Å². The van der Waals surface area contributed by atoms with E-state index in [2.05, 4.69) is 20.5 Å². The third-order valence-electron chi connectivity index (χ3n) is 2.58. The summed E-state index contributed by atoms with van der Waals surface area (Å²) in [5.74, 6) is 1.86. The van der Waals surface area contributed by atoms with Gasteiger partial charge in [0.25, 0.3) is 0 Å². The molecule has 15 heavy (non-hydrogen) atoms. The van der Waals surface area contributed by atoms with E-state index >= 15 is 0 Å². The van der Waals surface area contributed by atoms with Gasteiger partial charge >= 0.3 is 0 Å². The summed E-state index contributed by atoms with van der Waals surface area (Å²) in [7, 11) is 0. The van der Waals surface area contributed by atoms with E-state index in [4.69, 9.17) is 0 Å². The molecule has 0 bridgehead atoms. The number of aromatic amines is 1. The van der Waals surface area contributed by atoms with Crippen molar-refractivity contribution in [2.45, 2.75) is 31.1 Å². The lowest BCUT2D eigenvalue weighted by Gasteiger charge is -2.20. The van der Waals surface area contributed by atoms with Crippen LogP contribution in [0.25, 0.3) is 0 Å². The first-order valence-electron chi connectivity index (χ1n) is 4.97. The number of hydrogen-bond acceptors (Lipinski definition) is 4. The molecule has 5 nitrogen and oxygen atoms in total. The highest BCUT2D eigenvalue weighted by Crippen LogP contribution is 2.37. The minimum Gasteiger partial charge on any atom is -0.348 e. The van der Waals surface area contributed by atoms with Crippen LogP contribution in [0.15, 0.2) is 6.33 Å². The fourth-order valence-electron chi connectivity index (χ4n) is 1.63. The van der Waals surface area contributed by atoms with Gasteiger partial charge in [-0.25, -0.2) is 4.98 Å².